The molecule has 0 fully saturated rings. The van der Waals surface area contributed by atoms with Gasteiger partial charge in [0.05, 0.1) is 20.8 Å². The van der Waals surface area contributed by atoms with Crippen LogP contribution in [0.25, 0.3) is 31.9 Å². The molecule has 7 rings (SSSR count). The average molecular weight is 476 g/mol. The van der Waals surface area contributed by atoms with Crippen LogP contribution in [0.2, 0.25) is 5.02 Å². The van der Waals surface area contributed by atoms with Crippen molar-refractivity contribution < 1.29 is 9.26 Å². The second kappa shape index (κ2) is 7.41. The van der Waals surface area contributed by atoms with Gasteiger partial charge < -0.3 is 14.6 Å². The number of pyridine rings is 1. The topological polar surface area (TPSA) is 88.9 Å². The Hall–Kier alpha value is -3.20. The van der Waals surface area contributed by atoms with Crippen molar-refractivity contribution in [3.63, 3.8) is 0 Å². The molecule has 2 aliphatic heterocycles. The smallest absolute Gasteiger partial charge is 0.182 e. The molecular weight excluding hydrogens is 458 g/mol. The summed E-state index contributed by atoms with van der Waals surface area (Å²) in [6.45, 7) is 1.68. The number of aromatic nitrogens is 4. The molecule has 1 atom stereocenters. The molecule has 0 saturated carbocycles. The summed E-state index contributed by atoms with van der Waals surface area (Å²) in [7, 11) is 0. The highest BCUT2D eigenvalue weighted by Crippen LogP contribution is 2.48. The molecular formula is C24H18ClN5O2S. The number of aromatic amines is 1. The first kappa shape index (κ1) is 19.3. The van der Waals surface area contributed by atoms with Crippen molar-refractivity contribution >= 4 is 33.2 Å². The quantitative estimate of drug-likeness (QED) is 0.367. The molecule has 0 bridgehead atoms. The van der Waals surface area contributed by atoms with Gasteiger partial charge >= 0.3 is 0 Å². The van der Waals surface area contributed by atoms with E-state index in [4.69, 9.17) is 20.9 Å². The van der Waals surface area contributed by atoms with E-state index in [1.807, 2.05) is 36.7 Å². The van der Waals surface area contributed by atoms with Gasteiger partial charge in [0, 0.05) is 65.6 Å². The first-order valence-electron chi connectivity index (χ1n) is 10.8. The number of nitrogens with one attached hydrogen (secondary N) is 2. The normalized spacial score (nSPS) is 17.2. The van der Waals surface area contributed by atoms with Gasteiger partial charge in [-0.25, -0.2) is 0 Å². The SMILES string of the molecule is Clc1cc2c(c(-c3ccnc4cc(-c5cc[nH]n5)sc34)c1)O[C@@H](c1onc3c1CNCC3)C2. The minimum atomic E-state index is -0.214. The molecule has 4 aromatic heterocycles. The number of fused-ring (bicyclic) bond motifs is 3. The van der Waals surface area contributed by atoms with Crippen molar-refractivity contribution in [1.82, 2.24) is 25.7 Å². The van der Waals surface area contributed by atoms with E-state index in [9.17, 15) is 0 Å². The molecule has 0 amide bonds. The lowest BCUT2D eigenvalue weighted by atomic mass is 9.99. The Morgan fingerprint density at radius 1 is 1.15 bits per heavy atom. The number of ether oxygens (including phenoxy) is 1. The maximum atomic E-state index is 6.58. The predicted octanol–water partition coefficient (Wildman–Crippen LogP) is 5.32. The predicted molar refractivity (Wildman–Crippen MR) is 127 cm³/mol. The van der Waals surface area contributed by atoms with Crippen molar-refractivity contribution in [3.05, 3.63) is 70.3 Å². The van der Waals surface area contributed by atoms with Gasteiger partial charge in [-0.05, 0) is 30.3 Å². The lowest BCUT2D eigenvalue weighted by molar-refractivity contribution is 0.189. The Bertz CT molecular complexity index is 1510. The Morgan fingerprint density at radius 2 is 2.12 bits per heavy atom. The van der Waals surface area contributed by atoms with E-state index in [1.165, 1.54) is 0 Å². The number of hydrogen-bond donors (Lipinski definition) is 2. The molecule has 6 heterocycles. The van der Waals surface area contributed by atoms with Crippen LogP contribution in [0.3, 0.4) is 0 Å². The van der Waals surface area contributed by atoms with Gasteiger partial charge in [-0.2, -0.15) is 5.10 Å². The molecule has 0 spiro atoms. The standard InChI is InChI=1S/C24H18ClN5O2S/c25-13-7-12-8-20(23-16-11-26-4-2-17(16)30-32-23)31-22(12)15(9-13)14-1-5-27-19-10-21(33-24(14)19)18-3-6-28-29-18/h1,3,5-7,9-10,20,26H,2,4,8,11H2,(H,28,29)/t20-/m1/s1. The van der Waals surface area contributed by atoms with Crippen LogP contribution in [0.1, 0.15) is 28.7 Å². The van der Waals surface area contributed by atoms with E-state index < -0.39 is 0 Å². The Kier molecular flexibility index (Phi) is 4.33. The minimum absolute atomic E-state index is 0.214. The number of hydrogen-bond acceptors (Lipinski definition) is 7. The zero-order chi connectivity index (χ0) is 21.9. The number of rotatable bonds is 3. The number of benzene rings is 1. The molecule has 0 saturated heterocycles. The van der Waals surface area contributed by atoms with E-state index in [0.29, 0.717) is 11.4 Å². The Balaban J connectivity index is 1.33. The first-order chi connectivity index (χ1) is 16.2. The van der Waals surface area contributed by atoms with Crippen molar-refractivity contribution in [2.24, 2.45) is 0 Å². The van der Waals surface area contributed by atoms with Crippen LogP contribution >= 0.6 is 22.9 Å². The fourth-order valence-electron chi connectivity index (χ4n) is 4.76. The van der Waals surface area contributed by atoms with Crippen molar-refractivity contribution in [3.8, 4) is 27.4 Å². The van der Waals surface area contributed by atoms with Crippen molar-refractivity contribution in [2.75, 3.05) is 6.54 Å². The lowest BCUT2D eigenvalue weighted by Gasteiger charge is -2.15. The number of H-pyrrole nitrogens is 1. The summed E-state index contributed by atoms with van der Waals surface area (Å²) in [6.07, 6.45) is 5.01. The average Bonchev–Trinajstić information content (AvgIpc) is 3.62. The molecule has 0 radical (unpaired) electrons. The molecule has 33 heavy (non-hydrogen) atoms. The van der Waals surface area contributed by atoms with Gasteiger partial charge in [0.15, 0.2) is 11.9 Å². The Labute approximate surface area is 197 Å². The second-order valence-electron chi connectivity index (χ2n) is 8.29. The molecule has 5 aromatic rings. The third-order valence-corrected chi connectivity index (χ3v) is 7.68. The van der Waals surface area contributed by atoms with Crippen LogP contribution in [0, 0.1) is 0 Å². The zero-order valence-corrected chi connectivity index (χ0v) is 19.0. The third kappa shape index (κ3) is 3.09. The summed E-state index contributed by atoms with van der Waals surface area (Å²) in [4.78, 5) is 5.65. The second-order valence-corrected chi connectivity index (χ2v) is 9.78. The molecule has 9 heteroatoms. The highest BCUT2D eigenvalue weighted by molar-refractivity contribution is 7.22. The van der Waals surface area contributed by atoms with Crippen LogP contribution in [0.5, 0.6) is 5.75 Å². The van der Waals surface area contributed by atoms with Crippen LogP contribution in [0.4, 0.5) is 0 Å². The van der Waals surface area contributed by atoms with Crippen LogP contribution in [-0.4, -0.2) is 26.9 Å². The summed E-state index contributed by atoms with van der Waals surface area (Å²) in [6, 6.07) is 10.0. The van der Waals surface area contributed by atoms with Gasteiger partial charge in [-0.3, -0.25) is 10.1 Å². The summed E-state index contributed by atoms with van der Waals surface area (Å²) >= 11 is 8.24. The summed E-state index contributed by atoms with van der Waals surface area (Å²) < 4.78 is 13.4. The number of halogens is 1. The van der Waals surface area contributed by atoms with E-state index in [2.05, 4.69) is 31.7 Å². The molecule has 0 aliphatic carbocycles. The van der Waals surface area contributed by atoms with Crippen LogP contribution < -0.4 is 10.1 Å². The highest BCUT2D eigenvalue weighted by atomic mass is 35.5. The third-order valence-electron chi connectivity index (χ3n) is 6.28. The molecule has 2 N–H and O–H groups in total. The maximum absolute atomic E-state index is 6.58. The van der Waals surface area contributed by atoms with E-state index in [0.717, 1.165) is 79.8 Å². The van der Waals surface area contributed by atoms with Crippen LogP contribution in [-0.2, 0) is 19.4 Å². The summed E-state index contributed by atoms with van der Waals surface area (Å²) in [5, 5.41) is 15.6. The molecule has 164 valence electrons. The van der Waals surface area contributed by atoms with Crippen molar-refractivity contribution in [1.29, 1.82) is 0 Å². The maximum Gasteiger partial charge on any atom is 0.182 e. The van der Waals surface area contributed by atoms with E-state index in [-0.39, 0.29) is 6.10 Å². The van der Waals surface area contributed by atoms with Gasteiger partial charge in [0.1, 0.15) is 11.4 Å². The zero-order valence-electron chi connectivity index (χ0n) is 17.4. The van der Waals surface area contributed by atoms with Gasteiger partial charge in [-0.1, -0.05) is 16.8 Å². The fourth-order valence-corrected chi connectivity index (χ4v) is 6.11. The number of thiophene rings is 1. The van der Waals surface area contributed by atoms with E-state index in [1.54, 1.807) is 11.3 Å². The van der Waals surface area contributed by atoms with E-state index >= 15 is 0 Å². The van der Waals surface area contributed by atoms with Crippen LogP contribution in [0.15, 0.2) is 47.2 Å². The molecule has 1 aromatic carbocycles. The Morgan fingerprint density at radius 3 is 3.03 bits per heavy atom. The summed E-state index contributed by atoms with van der Waals surface area (Å²) in [5.74, 6) is 1.66. The highest BCUT2D eigenvalue weighted by Gasteiger charge is 2.34. The minimum Gasteiger partial charge on any atom is -0.481 e. The fraction of sp³-hybridized carbons (Fsp3) is 0.208. The van der Waals surface area contributed by atoms with Gasteiger partial charge in [0.2, 0.25) is 0 Å². The molecule has 0 unspecified atom stereocenters. The largest absolute Gasteiger partial charge is 0.481 e. The molecule has 7 nitrogen and oxygen atoms in total. The summed E-state index contributed by atoms with van der Waals surface area (Å²) in [5.41, 5.74) is 7.07. The first-order valence-corrected chi connectivity index (χ1v) is 12.0. The van der Waals surface area contributed by atoms with Gasteiger partial charge in [-0.15, -0.1) is 11.3 Å². The lowest BCUT2D eigenvalue weighted by Crippen LogP contribution is -2.24. The van der Waals surface area contributed by atoms with Crippen molar-refractivity contribution in [2.45, 2.75) is 25.5 Å². The molecule has 2 aliphatic rings. The van der Waals surface area contributed by atoms with Gasteiger partial charge in [0.25, 0.3) is 0 Å². The monoisotopic (exact) mass is 475 g/mol. The number of nitrogens with zero attached hydrogens (tertiary/aromatic N) is 3.